The molecule has 0 fully saturated rings. The van der Waals surface area contributed by atoms with E-state index in [-0.39, 0.29) is 0 Å². The standard InChI is InChI=1S/C12H18ClN5/c1-4-18-10(12(13)9(2)16-18)8-17-6-5-15-11(17)7-14-3/h5-6,14H,4,7-8H2,1-3H3. The van der Waals surface area contributed by atoms with Crippen LogP contribution in [0.25, 0.3) is 0 Å². The Bertz CT molecular complexity index is 529. The summed E-state index contributed by atoms with van der Waals surface area (Å²) < 4.78 is 4.03. The molecule has 18 heavy (non-hydrogen) atoms. The molecule has 1 N–H and O–H groups in total. The lowest BCUT2D eigenvalue weighted by Crippen LogP contribution is -2.14. The van der Waals surface area contributed by atoms with Crippen molar-refractivity contribution < 1.29 is 0 Å². The second-order valence-corrected chi connectivity index (χ2v) is 4.54. The molecule has 5 nitrogen and oxygen atoms in total. The van der Waals surface area contributed by atoms with Crippen molar-refractivity contribution in [3.8, 4) is 0 Å². The molecule has 0 radical (unpaired) electrons. The molecule has 0 spiro atoms. The quantitative estimate of drug-likeness (QED) is 0.899. The number of halogens is 1. The summed E-state index contributed by atoms with van der Waals surface area (Å²) in [6.07, 6.45) is 3.77. The zero-order chi connectivity index (χ0) is 13.1. The van der Waals surface area contributed by atoms with E-state index >= 15 is 0 Å². The number of hydrogen-bond acceptors (Lipinski definition) is 3. The van der Waals surface area contributed by atoms with E-state index in [0.29, 0.717) is 6.54 Å². The Balaban J connectivity index is 2.30. The molecule has 0 atom stereocenters. The van der Waals surface area contributed by atoms with Crippen LogP contribution >= 0.6 is 11.6 Å². The molecule has 0 aliphatic rings. The van der Waals surface area contributed by atoms with Crippen molar-refractivity contribution in [3.63, 3.8) is 0 Å². The van der Waals surface area contributed by atoms with E-state index in [4.69, 9.17) is 11.6 Å². The van der Waals surface area contributed by atoms with Gasteiger partial charge < -0.3 is 9.88 Å². The predicted molar refractivity (Wildman–Crippen MR) is 71.7 cm³/mol. The minimum absolute atomic E-state index is 0.699. The number of nitrogens with one attached hydrogen (secondary N) is 1. The summed E-state index contributed by atoms with van der Waals surface area (Å²) in [6, 6.07) is 0. The fraction of sp³-hybridized carbons (Fsp3) is 0.500. The second kappa shape index (κ2) is 5.54. The lowest BCUT2D eigenvalue weighted by molar-refractivity contribution is 0.583. The summed E-state index contributed by atoms with van der Waals surface area (Å²) in [5.41, 5.74) is 1.91. The zero-order valence-corrected chi connectivity index (χ0v) is 11.7. The van der Waals surface area contributed by atoms with Crippen LogP contribution in [0.15, 0.2) is 12.4 Å². The fourth-order valence-electron chi connectivity index (χ4n) is 1.99. The molecule has 0 unspecified atom stereocenters. The molecule has 2 aromatic heterocycles. The molecule has 98 valence electrons. The molecule has 6 heteroatoms. The maximum atomic E-state index is 6.31. The molecule has 0 amide bonds. The van der Waals surface area contributed by atoms with Gasteiger partial charge in [-0.05, 0) is 20.9 Å². The summed E-state index contributed by atoms with van der Waals surface area (Å²) in [4.78, 5) is 4.32. The molecular weight excluding hydrogens is 250 g/mol. The third-order valence-electron chi connectivity index (χ3n) is 2.91. The van der Waals surface area contributed by atoms with Gasteiger partial charge in [0.15, 0.2) is 0 Å². The average molecular weight is 268 g/mol. The highest BCUT2D eigenvalue weighted by atomic mass is 35.5. The van der Waals surface area contributed by atoms with Crippen molar-refractivity contribution in [3.05, 3.63) is 34.6 Å². The number of nitrogens with zero attached hydrogens (tertiary/aromatic N) is 4. The van der Waals surface area contributed by atoms with E-state index in [2.05, 4.69) is 26.9 Å². The molecule has 2 aromatic rings. The summed E-state index contributed by atoms with van der Waals surface area (Å²) in [5.74, 6) is 0.995. The number of rotatable bonds is 5. The minimum atomic E-state index is 0.699. The molecule has 0 aromatic carbocycles. The van der Waals surface area contributed by atoms with Crippen LogP contribution in [0.3, 0.4) is 0 Å². The van der Waals surface area contributed by atoms with Crippen molar-refractivity contribution in [2.45, 2.75) is 33.5 Å². The van der Waals surface area contributed by atoms with Crippen LogP contribution < -0.4 is 5.32 Å². The summed E-state index contributed by atoms with van der Waals surface area (Å²) in [5, 5.41) is 8.28. The third kappa shape index (κ3) is 2.42. The van der Waals surface area contributed by atoms with Crippen LogP contribution in [0, 0.1) is 6.92 Å². The molecule has 0 bridgehead atoms. The van der Waals surface area contributed by atoms with E-state index in [1.54, 1.807) is 6.20 Å². The Kier molecular flexibility index (Phi) is 4.04. The normalized spacial score (nSPS) is 11.1. The smallest absolute Gasteiger partial charge is 0.123 e. The van der Waals surface area contributed by atoms with Crippen LogP contribution in [-0.2, 0) is 19.6 Å². The lowest BCUT2D eigenvalue weighted by atomic mass is 10.3. The summed E-state index contributed by atoms with van der Waals surface area (Å²) in [7, 11) is 1.91. The highest BCUT2D eigenvalue weighted by Crippen LogP contribution is 2.21. The molecule has 0 saturated carbocycles. The Morgan fingerprint density at radius 3 is 2.89 bits per heavy atom. The number of hydrogen-bond donors (Lipinski definition) is 1. The Morgan fingerprint density at radius 1 is 1.44 bits per heavy atom. The molecule has 2 heterocycles. The Labute approximate surface area is 112 Å². The maximum Gasteiger partial charge on any atom is 0.123 e. The van der Waals surface area contributed by atoms with Crippen LogP contribution in [-0.4, -0.2) is 26.4 Å². The zero-order valence-electron chi connectivity index (χ0n) is 10.9. The van der Waals surface area contributed by atoms with Gasteiger partial charge in [-0.25, -0.2) is 4.98 Å². The first-order chi connectivity index (χ1) is 8.67. The van der Waals surface area contributed by atoms with Gasteiger partial charge >= 0.3 is 0 Å². The van der Waals surface area contributed by atoms with Gasteiger partial charge in [0.05, 0.1) is 29.5 Å². The van der Waals surface area contributed by atoms with Crippen molar-refractivity contribution in [1.29, 1.82) is 0 Å². The monoisotopic (exact) mass is 267 g/mol. The molecule has 0 aliphatic heterocycles. The number of imidazole rings is 1. The van der Waals surface area contributed by atoms with Crippen LogP contribution in [0.5, 0.6) is 0 Å². The van der Waals surface area contributed by atoms with Crippen molar-refractivity contribution in [1.82, 2.24) is 24.6 Å². The highest BCUT2D eigenvalue weighted by molar-refractivity contribution is 6.31. The number of aromatic nitrogens is 4. The van der Waals surface area contributed by atoms with E-state index < -0.39 is 0 Å². The summed E-state index contributed by atoms with van der Waals surface area (Å²) >= 11 is 6.31. The second-order valence-electron chi connectivity index (χ2n) is 4.16. The molecule has 2 rings (SSSR count). The first kappa shape index (κ1) is 13.1. The first-order valence-corrected chi connectivity index (χ1v) is 6.41. The summed E-state index contributed by atoms with van der Waals surface area (Å²) in [6.45, 7) is 6.25. The van der Waals surface area contributed by atoms with Gasteiger partial charge in [0, 0.05) is 18.9 Å². The van der Waals surface area contributed by atoms with E-state index in [9.17, 15) is 0 Å². The minimum Gasteiger partial charge on any atom is -0.328 e. The molecule has 0 aliphatic carbocycles. The lowest BCUT2D eigenvalue weighted by Gasteiger charge is -2.09. The van der Waals surface area contributed by atoms with Gasteiger partial charge in [0.2, 0.25) is 0 Å². The maximum absolute atomic E-state index is 6.31. The topological polar surface area (TPSA) is 47.7 Å². The average Bonchev–Trinajstić information content (AvgIpc) is 2.90. The highest BCUT2D eigenvalue weighted by Gasteiger charge is 2.14. The first-order valence-electron chi connectivity index (χ1n) is 6.03. The fourth-order valence-corrected chi connectivity index (χ4v) is 2.19. The van der Waals surface area contributed by atoms with E-state index in [1.165, 1.54) is 0 Å². The third-order valence-corrected chi connectivity index (χ3v) is 3.40. The van der Waals surface area contributed by atoms with Gasteiger partial charge in [-0.2, -0.15) is 5.10 Å². The number of aryl methyl sites for hydroxylation is 2. The van der Waals surface area contributed by atoms with Crippen LogP contribution in [0.1, 0.15) is 24.1 Å². The van der Waals surface area contributed by atoms with Crippen molar-refractivity contribution in [2.24, 2.45) is 0 Å². The molecule has 0 saturated heterocycles. The van der Waals surface area contributed by atoms with E-state index in [0.717, 1.165) is 35.3 Å². The largest absolute Gasteiger partial charge is 0.328 e. The van der Waals surface area contributed by atoms with Crippen molar-refractivity contribution in [2.75, 3.05) is 7.05 Å². The predicted octanol–water partition coefficient (Wildman–Crippen LogP) is 1.83. The Hall–Kier alpha value is -1.33. The Morgan fingerprint density at radius 2 is 2.22 bits per heavy atom. The van der Waals surface area contributed by atoms with Crippen LogP contribution in [0.4, 0.5) is 0 Å². The van der Waals surface area contributed by atoms with Crippen LogP contribution in [0.2, 0.25) is 5.02 Å². The van der Waals surface area contributed by atoms with E-state index in [1.807, 2.05) is 24.9 Å². The van der Waals surface area contributed by atoms with Gasteiger partial charge in [0.25, 0.3) is 0 Å². The van der Waals surface area contributed by atoms with Gasteiger partial charge in [0.1, 0.15) is 5.82 Å². The molecular formula is C12H18ClN5. The van der Waals surface area contributed by atoms with Gasteiger partial charge in [-0.15, -0.1) is 0 Å². The SMILES string of the molecule is CCn1nc(C)c(Cl)c1Cn1ccnc1CNC. The van der Waals surface area contributed by atoms with Crippen molar-refractivity contribution >= 4 is 11.6 Å². The van der Waals surface area contributed by atoms with Gasteiger partial charge in [-0.1, -0.05) is 11.6 Å². The van der Waals surface area contributed by atoms with Gasteiger partial charge in [-0.3, -0.25) is 4.68 Å².